The molecular formula is C21H28N4O5. The molecule has 1 aromatic carbocycles. The lowest BCUT2D eigenvalue weighted by Crippen LogP contribution is -2.55. The van der Waals surface area contributed by atoms with Crippen LogP contribution in [0.5, 0.6) is 5.75 Å². The van der Waals surface area contributed by atoms with Crippen LogP contribution in [0, 0.1) is 0 Å². The lowest BCUT2D eigenvalue weighted by Gasteiger charge is -2.37. The van der Waals surface area contributed by atoms with E-state index in [4.69, 9.17) is 9.47 Å². The number of ether oxygens (including phenoxy) is 2. The molecule has 1 saturated carbocycles. The summed E-state index contributed by atoms with van der Waals surface area (Å²) in [5.74, 6) is 0.0236. The molecule has 1 atom stereocenters. The number of carbonyl (C=O) groups excluding carboxylic acids is 3. The summed E-state index contributed by atoms with van der Waals surface area (Å²) in [4.78, 5) is 41.1. The molecule has 0 unspecified atom stereocenters. The number of morpholine rings is 1. The lowest BCUT2D eigenvalue weighted by atomic mass is 10.1. The second-order valence-corrected chi connectivity index (χ2v) is 7.90. The first kappa shape index (κ1) is 20.5. The van der Waals surface area contributed by atoms with Crippen molar-refractivity contribution in [1.82, 2.24) is 15.5 Å². The number of carbonyl (C=O) groups is 3. The largest absolute Gasteiger partial charge is 0.477 e. The minimum absolute atomic E-state index is 0.0364. The van der Waals surface area contributed by atoms with E-state index in [0.717, 1.165) is 31.4 Å². The van der Waals surface area contributed by atoms with Gasteiger partial charge in [0.1, 0.15) is 5.75 Å². The smallest absolute Gasteiger partial charge is 0.321 e. The Balaban J connectivity index is 1.39. The van der Waals surface area contributed by atoms with Crippen molar-refractivity contribution in [3.8, 4) is 5.75 Å². The number of hydrogen-bond donors (Lipinski definition) is 2. The fourth-order valence-electron chi connectivity index (χ4n) is 4.20. The fourth-order valence-corrected chi connectivity index (χ4v) is 4.20. The van der Waals surface area contributed by atoms with E-state index in [-0.39, 0.29) is 25.0 Å². The molecule has 3 aliphatic rings. The molecular weight excluding hydrogens is 388 g/mol. The molecule has 1 saturated heterocycles. The van der Waals surface area contributed by atoms with Crippen molar-refractivity contribution < 1.29 is 23.9 Å². The van der Waals surface area contributed by atoms with Gasteiger partial charge in [-0.2, -0.15) is 0 Å². The molecule has 4 rings (SSSR count). The minimum atomic E-state index is -0.710. The number of nitrogens with one attached hydrogen (secondary N) is 2. The van der Waals surface area contributed by atoms with Crippen molar-refractivity contribution in [2.45, 2.75) is 37.8 Å². The molecule has 9 nitrogen and oxygen atoms in total. The molecule has 1 aromatic rings. The van der Waals surface area contributed by atoms with Crippen LogP contribution in [0.15, 0.2) is 24.3 Å². The van der Waals surface area contributed by atoms with Crippen LogP contribution < -0.4 is 20.3 Å². The normalized spacial score (nSPS) is 21.5. The van der Waals surface area contributed by atoms with E-state index in [9.17, 15) is 14.4 Å². The Hall–Kier alpha value is -2.81. The quantitative estimate of drug-likeness (QED) is 0.756. The van der Waals surface area contributed by atoms with E-state index in [1.165, 1.54) is 0 Å². The molecule has 2 fully saturated rings. The Morgan fingerprint density at radius 1 is 1.07 bits per heavy atom. The molecule has 0 radical (unpaired) electrons. The highest BCUT2D eigenvalue weighted by Gasteiger charge is 2.34. The van der Waals surface area contributed by atoms with Crippen LogP contribution in [0.3, 0.4) is 0 Å². The maximum absolute atomic E-state index is 12.9. The van der Waals surface area contributed by atoms with Gasteiger partial charge in [-0.1, -0.05) is 25.0 Å². The van der Waals surface area contributed by atoms with Gasteiger partial charge in [-0.3, -0.25) is 14.9 Å². The first-order chi connectivity index (χ1) is 14.6. The van der Waals surface area contributed by atoms with Crippen LogP contribution in [-0.2, 0) is 14.3 Å². The third-order valence-corrected chi connectivity index (χ3v) is 5.74. The SMILES string of the molecule is O=C(CN1C[C@@H](C(=O)N2CCOCC2)Oc2ccccc21)NC(=O)NC1CCCC1. The first-order valence-corrected chi connectivity index (χ1v) is 10.6. The van der Waals surface area contributed by atoms with Gasteiger partial charge in [0.15, 0.2) is 6.10 Å². The molecule has 162 valence electrons. The van der Waals surface area contributed by atoms with Gasteiger partial charge in [0.2, 0.25) is 5.91 Å². The number of imide groups is 1. The Bertz CT molecular complexity index is 789. The second kappa shape index (κ2) is 9.34. The van der Waals surface area contributed by atoms with Crippen LogP contribution in [0.25, 0.3) is 0 Å². The summed E-state index contributed by atoms with van der Waals surface area (Å²) in [6.45, 7) is 2.29. The standard InChI is InChI=1S/C21H28N4O5/c26-19(23-21(28)22-15-5-1-2-6-15)14-25-13-18(20(27)24-9-11-29-12-10-24)30-17-8-4-3-7-16(17)25/h3-4,7-8,15,18H,1-2,5-6,9-14H2,(H2,22,23,26,28)/t18-/m0/s1. The number of nitrogens with zero attached hydrogens (tertiary/aromatic N) is 2. The van der Waals surface area contributed by atoms with Crippen LogP contribution in [0.1, 0.15) is 25.7 Å². The molecule has 0 bridgehead atoms. The van der Waals surface area contributed by atoms with E-state index in [1.807, 2.05) is 18.2 Å². The van der Waals surface area contributed by atoms with Gasteiger partial charge in [0, 0.05) is 19.1 Å². The maximum atomic E-state index is 12.9. The topological polar surface area (TPSA) is 100 Å². The molecule has 9 heteroatoms. The molecule has 2 N–H and O–H groups in total. The van der Waals surface area contributed by atoms with Crippen LogP contribution in [0.2, 0.25) is 0 Å². The molecule has 2 heterocycles. The minimum Gasteiger partial charge on any atom is -0.477 e. The van der Waals surface area contributed by atoms with Gasteiger partial charge in [-0.05, 0) is 25.0 Å². The summed E-state index contributed by atoms with van der Waals surface area (Å²) < 4.78 is 11.3. The van der Waals surface area contributed by atoms with Crippen molar-refractivity contribution in [2.75, 3.05) is 44.3 Å². The predicted molar refractivity (Wildman–Crippen MR) is 109 cm³/mol. The summed E-state index contributed by atoms with van der Waals surface area (Å²) in [6.07, 6.45) is 3.38. The predicted octanol–water partition coefficient (Wildman–Crippen LogP) is 0.881. The number of hydrogen-bond acceptors (Lipinski definition) is 6. The Kier molecular flexibility index (Phi) is 6.37. The fraction of sp³-hybridized carbons (Fsp3) is 0.571. The summed E-state index contributed by atoms with van der Waals surface area (Å²) in [5.41, 5.74) is 0.731. The first-order valence-electron chi connectivity index (χ1n) is 10.6. The highest BCUT2D eigenvalue weighted by molar-refractivity contribution is 5.97. The number of para-hydroxylation sites is 2. The van der Waals surface area contributed by atoms with Crippen molar-refractivity contribution in [1.29, 1.82) is 0 Å². The van der Waals surface area contributed by atoms with E-state index in [1.54, 1.807) is 15.9 Å². The second-order valence-electron chi connectivity index (χ2n) is 7.90. The lowest BCUT2D eigenvalue weighted by molar-refractivity contribution is -0.142. The molecule has 2 aliphatic heterocycles. The number of amides is 4. The summed E-state index contributed by atoms with van der Waals surface area (Å²) >= 11 is 0. The average molecular weight is 416 g/mol. The number of benzene rings is 1. The van der Waals surface area contributed by atoms with E-state index in [2.05, 4.69) is 10.6 Å². The number of urea groups is 1. The third-order valence-electron chi connectivity index (χ3n) is 5.74. The number of anilines is 1. The molecule has 0 spiro atoms. The van der Waals surface area contributed by atoms with Gasteiger partial charge >= 0.3 is 6.03 Å². The Labute approximate surface area is 175 Å². The van der Waals surface area contributed by atoms with Crippen molar-refractivity contribution in [3.63, 3.8) is 0 Å². The van der Waals surface area contributed by atoms with E-state index in [0.29, 0.717) is 32.1 Å². The van der Waals surface area contributed by atoms with Crippen molar-refractivity contribution >= 4 is 23.5 Å². The van der Waals surface area contributed by atoms with Crippen LogP contribution in [-0.4, -0.2) is 74.3 Å². The zero-order valence-electron chi connectivity index (χ0n) is 17.0. The third kappa shape index (κ3) is 4.84. The number of fused-ring (bicyclic) bond motifs is 1. The summed E-state index contributed by atoms with van der Waals surface area (Å²) in [7, 11) is 0. The van der Waals surface area contributed by atoms with E-state index >= 15 is 0 Å². The van der Waals surface area contributed by atoms with Crippen molar-refractivity contribution in [2.24, 2.45) is 0 Å². The highest BCUT2D eigenvalue weighted by Crippen LogP contribution is 2.33. The van der Waals surface area contributed by atoms with E-state index < -0.39 is 18.0 Å². The zero-order valence-corrected chi connectivity index (χ0v) is 17.0. The van der Waals surface area contributed by atoms with Gasteiger partial charge in [0.25, 0.3) is 5.91 Å². The van der Waals surface area contributed by atoms with Crippen LogP contribution in [0.4, 0.5) is 10.5 Å². The monoisotopic (exact) mass is 416 g/mol. The molecule has 4 amide bonds. The van der Waals surface area contributed by atoms with Gasteiger partial charge in [-0.15, -0.1) is 0 Å². The number of rotatable bonds is 4. The van der Waals surface area contributed by atoms with Gasteiger partial charge in [-0.25, -0.2) is 4.79 Å². The molecule has 1 aliphatic carbocycles. The summed E-state index contributed by atoms with van der Waals surface area (Å²) in [6, 6.07) is 6.98. The molecule has 30 heavy (non-hydrogen) atoms. The van der Waals surface area contributed by atoms with Gasteiger partial charge in [0.05, 0.1) is 32.0 Å². The average Bonchev–Trinajstić information content (AvgIpc) is 3.26. The van der Waals surface area contributed by atoms with Crippen LogP contribution >= 0.6 is 0 Å². The Morgan fingerprint density at radius 2 is 1.80 bits per heavy atom. The maximum Gasteiger partial charge on any atom is 0.321 e. The van der Waals surface area contributed by atoms with Crippen molar-refractivity contribution in [3.05, 3.63) is 24.3 Å². The zero-order chi connectivity index (χ0) is 20.9. The molecule has 0 aromatic heterocycles. The summed E-state index contributed by atoms with van der Waals surface area (Å²) in [5, 5.41) is 5.26. The Morgan fingerprint density at radius 3 is 2.57 bits per heavy atom. The highest BCUT2D eigenvalue weighted by atomic mass is 16.5. The van der Waals surface area contributed by atoms with Gasteiger partial charge < -0.3 is 24.6 Å².